The molecule has 0 bridgehead atoms. The van der Waals surface area contributed by atoms with E-state index in [2.05, 4.69) is 10.4 Å². The Morgan fingerprint density at radius 1 is 1.26 bits per heavy atom. The van der Waals surface area contributed by atoms with Gasteiger partial charge in [0.1, 0.15) is 11.9 Å². The van der Waals surface area contributed by atoms with Crippen molar-refractivity contribution in [1.29, 1.82) is 0 Å². The van der Waals surface area contributed by atoms with Gasteiger partial charge < -0.3 is 10.4 Å². The summed E-state index contributed by atoms with van der Waals surface area (Å²) >= 11 is 0. The van der Waals surface area contributed by atoms with Crippen LogP contribution in [-0.2, 0) is 4.79 Å². The molecule has 0 aliphatic rings. The zero-order chi connectivity index (χ0) is 17.0. The number of amides is 1. The third kappa shape index (κ3) is 4.38. The number of rotatable bonds is 6. The van der Waals surface area contributed by atoms with Crippen LogP contribution in [-0.4, -0.2) is 32.8 Å². The number of hydrogen-bond acceptors (Lipinski definition) is 3. The van der Waals surface area contributed by atoms with Crippen LogP contribution in [0.1, 0.15) is 30.8 Å². The number of carbonyl (C=O) groups excluding carboxylic acids is 1. The number of nitrogens with zero attached hydrogens (tertiary/aromatic N) is 2. The fourth-order valence-corrected chi connectivity index (χ4v) is 2.11. The fourth-order valence-electron chi connectivity index (χ4n) is 2.11. The number of carbonyl (C=O) groups is 2. The Morgan fingerprint density at radius 2 is 1.91 bits per heavy atom. The molecule has 1 unspecified atom stereocenters. The molecule has 0 saturated carbocycles. The lowest BCUT2D eigenvalue weighted by Crippen LogP contribution is -2.41. The minimum Gasteiger partial charge on any atom is -0.480 e. The predicted molar refractivity (Wildman–Crippen MR) is 81.9 cm³/mol. The summed E-state index contributed by atoms with van der Waals surface area (Å²) in [5.41, 5.74) is 0.701. The molecule has 1 aromatic carbocycles. The number of hydrogen-bond donors (Lipinski definition) is 2. The largest absolute Gasteiger partial charge is 0.480 e. The van der Waals surface area contributed by atoms with Gasteiger partial charge in [-0.25, -0.2) is 13.9 Å². The lowest BCUT2D eigenvalue weighted by molar-refractivity contribution is -0.139. The van der Waals surface area contributed by atoms with Crippen LogP contribution in [0.3, 0.4) is 0 Å². The van der Waals surface area contributed by atoms with Crippen molar-refractivity contribution >= 4 is 11.9 Å². The van der Waals surface area contributed by atoms with Crippen molar-refractivity contribution < 1.29 is 19.1 Å². The van der Waals surface area contributed by atoms with Crippen molar-refractivity contribution in [2.75, 3.05) is 0 Å². The molecule has 122 valence electrons. The molecule has 0 aliphatic heterocycles. The lowest BCUT2D eigenvalue weighted by atomic mass is 10.0. The molecule has 1 atom stereocenters. The average Bonchev–Trinajstić information content (AvgIpc) is 2.96. The van der Waals surface area contributed by atoms with Crippen LogP contribution in [0.15, 0.2) is 36.5 Å². The van der Waals surface area contributed by atoms with Crippen molar-refractivity contribution in [3.8, 4) is 5.69 Å². The van der Waals surface area contributed by atoms with Crippen LogP contribution in [0.25, 0.3) is 5.69 Å². The van der Waals surface area contributed by atoms with Gasteiger partial charge in [0.25, 0.3) is 5.91 Å². The molecule has 1 heterocycles. The molecule has 2 aromatic rings. The Labute approximate surface area is 132 Å². The standard InChI is InChI=1S/C16H18FN3O3/c1-10(2)9-14(16(22)23)18-15(21)13-7-8-20(19-13)12-5-3-11(17)4-6-12/h3-8,10,14H,9H2,1-2H3,(H,18,21)(H,22,23). The number of halogens is 1. The first-order valence-corrected chi connectivity index (χ1v) is 7.22. The smallest absolute Gasteiger partial charge is 0.326 e. The van der Waals surface area contributed by atoms with Crippen molar-refractivity contribution in [2.24, 2.45) is 5.92 Å². The first-order chi connectivity index (χ1) is 10.9. The third-order valence-electron chi connectivity index (χ3n) is 3.22. The van der Waals surface area contributed by atoms with E-state index < -0.39 is 17.9 Å². The van der Waals surface area contributed by atoms with Crippen LogP contribution in [0.2, 0.25) is 0 Å². The zero-order valence-corrected chi connectivity index (χ0v) is 12.9. The highest BCUT2D eigenvalue weighted by Crippen LogP contribution is 2.10. The maximum atomic E-state index is 12.9. The monoisotopic (exact) mass is 319 g/mol. The highest BCUT2D eigenvalue weighted by Gasteiger charge is 2.22. The number of nitrogens with one attached hydrogen (secondary N) is 1. The molecule has 2 N–H and O–H groups in total. The van der Waals surface area contributed by atoms with E-state index in [1.165, 1.54) is 35.0 Å². The number of carboxylic acids is 1. The Balaban J connectivity index is 2.11. The number of benzene rings is 1. The van der Waals surface area contributed by atoms with Crippen LogP contribution in [0, 0.1) is 11.7 Å². The van der Waals surface area contributed by atoms with Crippen LogP contribution in [0.4, 0.5) is 4.39 Å². The maximum Gasteiger partial charge on any atom is 0.326 e. The van der Waals surface area contributed by atoms with Crippen LogP contribution < -0.4 is 5.32 Å². The minimum absolute atomic E-state index is 0.101. The molecule has 1 aromatic heterocycles. The van der Waals surface area contributed by atoms with Crippen LogP contribution >= 0.6 is 0 Å². The van der Waals surface area contributed by atoms with Gasteiger partial charge in [0, 0.05) is 6.20 Å². The van der Waals surface area contributed by atoms with E-state index in [1.54, 1.807) is 6.20 Å². The predicted octanol–water partition coefficient (Wildman–Crippen LogP) is 2.24. The SMILES string of the molecule is CC(C)CC(NC(=O)c1ccn(-c2ccc(F)cc2)n1)C(=O)O. The van der Waals surface area contributed by atoms with Crippen molar-refractivity contribution in [3.05, 3.63) is 48.0 Å². The van der Waals surface area contributed by atoms with Gasteiger partial charge in [0.05, 0.1) is 5.69 Å². The Kier molecular flexibility index (Phi) is 5.10. The molecule has 0 aliphatic carbocycles. The Bertz CT molecular complexity index is 695. The number of aromatic nitrogens is 2. The van der Waals surface area contributed by atoms with Gasteiger partial charge in [-0.15, -0.1) is 0 Å². The van der Waals surface area contributed by atoms with E-state index in [0.29, 0.717) is 12.1 Å². The zero-order valence-electron chi connectivity index (χ0n) is 12.9. The molecule has 0 saturated heterocycles. The van der Waals surface area contributed by atoms with Crippen LogP contribution in [0.5, 0.6) is 0 Å². The molecule has 0 radical (unpaired) electrons. The lowest BCUT2D eigenvalue weighted by Gasteiger charge is -2.15. The van der Waals surface area contributed by atoms with Gasteiger partial charge in [-0.3, -0.25) is 4.79 Å². The molecule has 23 heavy (non-hydrogen) atoms. The van der Waals surface area contributed by atoms with E-state index in [9.17, 15) is 14.0 Å². The summed E-state index contributed by atoms with van der Waals surface area (Å²) in [5, 5.41) is 15.7. The second kappa shape index (κ2) is 7.04. The van der Waals surface area contributed by atoms with E-state index in [-0.39, 0.29) is 17.4 Å². The Hall–Kier alpha value is -2.70. The van der Waals surface area contributed by atoms with Gasteiger partial charge in [-0.1, -0.05) is 13.8 Å². The van der Waals surface area contributed by atoms with Crippen molar-refractivity contribution in [1.82, 2.24) is 15.1 Å². The average molecular weight is 319 g/mol. The summed E-state index contributed by atoms with van der Waals surface area (Å²) in [6.07, 6.45) is 1.89. The van der Waals surface area contributed by atoms with Crippen molar-refractivity contribution in [2.45, 2.75) is 26.3 Å². The van der Waals surface area contributed by atoms with E-state index in [1.807, 2.05) is 13.8 Å². The van der Waals surface area contributed by atoms with Gasteiger partial charge in [-0.2, -0.15) is 5.10 Å². The summed E-state index contributed by atoms with van der Waals surface area (Å²) in [4.78, 5) is 23.3. The molecule has 0 spiro atoms. The number of carboxylic acid groups (broad SMARTS) is 1. The first-order valence-electron chi connectivity index (χ1n) is 7.22. The second-order valence-corrected chi connectivity index (χ2v) is 5.62. The van der Waals surface area contributed by atoms with E-state index in [0.717, 1.165) is 0 Å². The van der Waals surface area contributed by atoms with Gasteiger partial charge in [0.2, 0.25) is 0 Å². The molecule has 2 rings (SSSR count). The first kappa shape index (κ1) is 16.7. The topological polar surface area (TPSA) is 84.2 Å². The van der Waals surface area contributed by atoms with Gasteiger partial charge >= 0.3 is 5.97 Å². The molecule has 0 fully saturated rings. The van der Waals surface area contributed by atoms with E-state index >= 15 is 0 Å². The normalized spacial score (nSPS) is 12.2. The number of aliphatic carboxylic acids is 1. The summed E-state index contributed by atoms with van der Waals surface area (Å²) in [6, 6.07) is 6.16. The van der Waals surface area contributed by atoms with Gasteiger partial charge in [0.15, 0.2) is 5.69 Å². The summed E-state index contributed by atoms with van der Waals surface area (Å²) < 4.78 is 14.3. The van der Waals surface area contributed by atoms with E-state index in [4.69, 9.17) is 5.11 Å². The maximum absolute atomic E-state index is 12.9. The molecule has 6 nitrogen and oxygen atoms in total. The molecular weight excluding hydrogens is 301 g/mol. The second-order valence-electron chi connectivity index (χ2n) is 5.62. The summed E-state index contributed by atoms with van der Waals surface area (Å²) in [6.45, 7) is 3.76. The molecule has 1 amide bonds. The summed E-state index contributed by atoms with van der Waals surface area (Å²) in [5.74, 6) is -1.87. The highest BCUT2D eigenvalue weighted by atomic mass is 19.1. The minimum atomic E-state index is -1.08. The van der Waals surface area contributed by atoms with Crippen molar-refractivity contribution in [3.63, 3.8) is 0 Å². The quantitative estimate of drug-likeness (QED) is 0.855. The summed E-state index contributed by atoms with van der Waals surface area (Å²) in [7, 11) is 0. The highest BCUT2D eigenvalue weighted by molar-refractivity contribution is 5.94. The molecular formula is C16H18FN3O3. The fraction of sp³-hybridized carbons (Fsp3) is 0.312. The Morgan fingerprint density at radius 3 is 2.48 bits per heavy atom. The van der Waals surface area contributed by atoms with Gasteiger partial charge in [-0.05, 0) is 42.7 Å². The molecule has 7 heteroatoms. The third-order valence-corrected chi connectivity index (χ3v) is 3.22.